The van der Waals surface area contributed by atoms with E-state index in [9.17, 15) is 0 Å². The van der Waals surface area contributed by atoms with E-state index >= 15 is 0 Å². The largest absolute Gasteiger partial charge is 0.373 e. The standard InChI is InChI=1S/C15H21N5/c1-11(2)13-14(16-3)18-10-19-15(13)20(4)9-12-5-7-17-8-6-12/h5-8,10-11H,9H2,1-4H3,(H,16,18,19). The van der Waals surface area contributed by atoms with Gasteiger partial charge in [-0.15, -0.1) is 0 Å². The maximum atomic E-state index is 4.46. The van der Waals surface area contributed by atoms with E-state index in [1.54, 1.807) is 6.33 Å². The van der Waals surface area contributed by atoms with Crippen LogP contribution in [0.3, 0.4) is 0 Å². The van der Waals surface area contributed by atoms with Crippen LogP contribution in [0.25, 0.3) is 0 Å². The Morgan fingerprint density at radius 2 is 1.90 bits per heavy atom. The third-order valence-electron chi connectivity index (χ3n) is 3.21. The van der Waals surface area contributed by atoms with Crippen LogP contribution in [0, 0.1) is 0 Å². The predicted molar refractivity (Wildman–Crippen MR) is 82.0 cm³/mol. The van der Waals surface area contributed by atoms with Crippen LogP contribution in [-0.2, 0) is 6.54 Å². The van der Waals surface area contributed by atoms with Gasteiger partial charge in [-0.3, -0.25) is 4.98 Å². The highest BCUT2D eigenvalue weighted by molar-refractivity contribution is 5.59. The summed E-state index contributed by atoms with van der Waals surface area (Å²) in [6.07, 6.45) is 5.23. The van der Waals surface area contributed by atoms with Crippen molar-refractivity contribution < 1.29 is 0 Å². The molecule has 106 valence electrons. The smallest absolute Gasteiger partial charge is 0.137 e. The van der Waals surface area contributed by atoms with E-state index in [4.69, 9.17) is 0 Å². The molecular formula is C15H21N5. The topological polar surface area (TPSA) is 53.9 Å². The summed E-state index contributed by atoms with van der Waals surface area (Å²) in [4.78, 5) is 15.0. The Morgan fingerprint density at radius 1 is 1.20 bits per heavy atom. The van der Waals surface area contributed by atoms with Crippen LogP contribution in [0.4, 0.5) is 11.6 Å². The molecule has 0 radical (unpaired) electrons. The lowest BCUT2D eigenvalue weighted by Gasteiger charge is -2.24. The first-order valence-corrected chi connectivity index (χ1v) is 6.76. The third kappa shape index (κ3) is 3.04. The first-order valence-electron chi connectivity index (χ1n) is 6.76. The summed E-state index contributed by atoms with van der Waals surface area (Å²) in [5, 5.41) is 3.15. The maximum absolute atomic E-state index is 4.46. The fourth-order valence-corrected chi connectivity index (χ4v) is 2.26. The van der Waals surface area contributed by atoms with E-state index in [1.165, 1.54) is 5.56 Å². The van der Waals surface area contributed by atoms with E-state index in [0.29, 0.717) is 5.92 Å². The number of hydrogen-bond acceptors (Lipinski definition) is 5. The molecule has 0 saturated heterocycles. The van der Waals surface area contributed by atoms with Gasteiger partial charge in [-0.05, 0) is 23.6 Å². The Kier molecular flexibility index (Phi) is 4.50. The van der Waals surface area contributed by atoms with Gasteiger partial charge in [0, 0.05) is 38.6 Å². The number of hydrogen-bond donors (Lipinski definition) is 1. The minimum atomic E-state index is 0.355. The number of aromatic nitrogens is 3. The third-order valence-corrected chi connectivity index (χ3v) is 3.21. The fourth-order valence-electron chi connectivity index (χ4n) is 2.26. The second-order valence-corrected chi connectivity index (χ2v) is 5.08. The zero-order chi connectivity index (χ0) is 14.5. The van der Waals surface area contributed by atoms with Crippen LogP contribution < -0.4 is 10.2 Å². The number of nitrogens with zero attached hydrogens (tertiary/aromatic N) is 4. The molecule has 2 rings (SSSR count). The number of rotatable bonds is 5. The minimum absolute atomic E-state index is 0.355. The van der Waals surface area contributed by atoms with Crippen molar-refractivity contribution in [2.75, 3.05) is 24.3 Å². The molecule has 0 unspecified atom stereocenters. The highest BCUT2D eigenvalue weighted by Crippen LogP contribution is 2.30. The maximum Gasteiger partial charge on any atom is 0.137 e. The van der Waals surface area contributed by atoms with Crippen LogP contribution in [0.5, 0.6) is 0 Å². The van der Waals surface area contributed by atoms with Crippen LogP contribution in [0.15, 0.2) is 30.9 Å². The number of pyridine rings is 1. The van der Waals surface area contributed by atoms with Crippen LogP contribution in [0.1, 0.15) is 30.9 Å². The quantitative estimate of drug-likeness (QED) is 0.906. The lowest BCUT2D eigenvalue weighted by atomic mass is 10.0. The van der Waals surface area contributed by atoms with Crippen molar-refractivity contribution in [3.05, 3.63) is 42.0 Å². The first-order chi connectivity index (χ1) is 9.63. The van der Waals surface area contributed by atoms with Crippen molar-refractivity contribution in [2.24, 2.45) is 0 Å². The van der Waals surface area contributed by atoms with E-state index in [2.05, 4.69) is 39.0 Å². The lowest BCUT2D eigenvalue weighted by molar-refractivity contribution is 0.810. The molecule has 2 aromatic heterocycles. The van der Waals surface area contributed by atoms with Gasteiger partial charge in [0.15, 0.2) is 0 Å². The van der Waals surface area contributed by atoms with Crippen molar-refractivity contribution in [2.45, 2.75) is 26.3 Å². The Bertz CT molecular complexity index is 553. The SMILES string of the molecule is CNc1ncnc(N(C)Cc2ccncc2)c1C(C)C. The molecule has 0 spiro atoms. The molecular weight excluding hydrogens is 250 g/mol. The van der Waals surface area contributed by atoms with Crippen LogP contribution >= 0.6 is 0 Å². The molecule has 2 heterocycles. The predicted octanol–water partition coefficient (Wildman–Crippen LogP) is 2.67. The van der Waals surface area contributed by atoms with Crippen molar-refractivity contribution in [1.82, 2.24) is 15.0 Å². The molecule has 0 saturated carbocycles. The number of nitrogens with one attached hydrogen (secondary N) is 1. The van der Waals surface area contributed by atoms with Gasteiger partial charge >= 0.3 is 0 Å². The van der Waals surface area contributed by atoms with E-state index in [1.807, 2.05) is 38.6 Å². The molecule has 0 aromatic carbocycles. The van der Waals surface area contributed by atoms with Gasteiger partial charge in [-0.25, -0.2) is 9.97 Å². The summed E-state index contributed by atoms with van der Waals surface area (Å²) in [6, 6.07) is 4.04. The Labute approximate surface area is 120 Å². The summed E-state index contributed by atoms with van der Waals surface area (Å²) < 4.78 is 0. The molecule has 1 N–H and O–H groups in total. The molecule has 5 nitrogen and oxygen atoms in total. The molecule has 20 heavy (non-hydrogen) atoms. The Hall–Kier alpha value is -2.17. The van der Waals surface area contributed by atoms with Crippen molar-refractivity contribution in [3.63, 3.8) is 0 Å². The highest BCUT2D eigenvalue weighted by Gasteiger charge is 2.17. The van der Waals surface area contributed by atoms with Gasteiger partial charge in [0.25, 0.3) is 0 Å². The second-order valence-electron chi connectivity index (χ2n) is 5.08. The molecule has 0 bridgehead atoms. The van der Waals surface area contributed by atoms with E-state index in [-0.39, 0.29) is 0 Å². The molecule has 0 aliphatic rings. The second kappa shape index (κ2) is 6.32. The van der Waals surface area contributed by atoms with E-state index in [0.717, 1.165) is 23.7 Å². The van der Waals surface area contributed by atoms with Gasteiger partial charge in [-0.2, -0.15) is 0 Å². The number of anilines is 2. The monoisotopic (exact) mass is 271 g/mol. The lowest BCUT2D eigenvalue weighted by Crippen LogP contribution is -2.21. The van der Waals surface area contributed by atoms with Gasteiger partial charge in [-0.1, -0.05) is 13.8 Å². The fraction of sp³-hybridized carbons (Fsp3) is 0.400. The summed E-state index contributed by atoms with van der Waals surface area (Å²) in [5.74, 6) is 2.22. The van der Waals surface area contributed by atoms with Gasteiger partial charge < -0.3 is 10.2 Å². The highest BCUT2D eigenvalue weighted by atomic mass is 15.2. The van der Waals surface area contributed by atoms with E-state index < -0.39 is 0 Å². The molecule has 5 heteroatoms. The molecule has 0 aliphatic carbocycles. The average Bonchev–Trinajstić information content (AvgIpc) is 2.47. The molecule has 0 amide bonds. The minimum Gasteiger partial charge on any atom is -0.373 e. The molecule has 0 aliphatic heterocycles. The van der Waals surface area contributed by atoms with Crippen LogP contribution in [-0.4, -0.2) is 29.0 Å². The Balaban J connectivity index is 2.32. The van der Waals surface area contributed by atoms with Gasteiger partial charge in [0.05, 0.1) is 0 Å². The van der Waals surface area contributed by atoms with Crippen molar-refractivity contribution >= 4 is 11.6 Å². The summed E-state index contributed by atoms with van der Waals surface area (Å²) in [7, 11) is 3.94. The van der Waals surface area contributed by atoms with Crippen molar-refractivity contribution in [3.8, 4) is 0 Å². The van der Waals surface area contributed by atoms with Gasteiger partial charge in [0.2, 0.25) is 0 Å². The molecule has 0 atom stereocenters. The Morgan fingerprint density at radius 3 is 2.50 bits per heavy atom. The zero-order valence-corrected chi connectivity index (χ0v) is 12.5. The average molecular weight is 271 g/mol. The van der Waals surface area contributed by atoms with Crippen molar-refractivity contribution in [1.29, 1.82) is 0 Å². The normalized spacial score (nSPS) is 10.7. The molecule has 2 aromatic rings. The van der Waals surface area contributed by atoms with Crippen LogP contribution in [0.2, 0.25) is 0 Å². The zero-order valence-electron chi connectivity index (χ0n) is 12.5. The summed E-state index contributed by atoms with van der Waals surface area (Å²) >= 11 is 0. The first kappa shape index (κ1) is 14.2. The summed E-state index contributed by atoms with van der Waals surface area (Å²) in [6.45, 7) is 5.11. The van der Waals surface area contributed by atoms with Gasteiger partial charge in [0.1, 0.15) is 18.0 Å². The summed E-state index contributed by atoms with van der Waals surface area (Å²) in [5.41, 5.74) is 2.35. The molecule has 0 fully saturated rings.